The fraction of sp³-hybridized carbons (Fsp3) is 0.522. The summed E-state index contributed by atoms with van der Waals surface area (Å²) in [5.41, 5.74) is 1.75. The molecule has 4 heterocycles. The van der Waals surface area contributed by atoms with E-state index in [0.717, 1.165) is 47.3 Å². The molecule has 0 spiro atoms. The number of nitrogens with zero attached hydrogens (tertiary/aromatic N) is 5. The number of aromatic nitrogens is 3. The summed E-state index contributed by atoms with van der Waals surface area (Å²) in [6, 6.07) is 10.1. The first kappa shape index (κ1) is 20.4. The highest BCUT2D eigenvalue weighted by molar-refractivity contribution is 7.93. The number of thiazole rings is 1. The molecule has 9 heteroatoms. The molecule has 1 aliphatic carbocycles. The van der Waals surface area contributed by atoms with Gasteiger partial charge in [-0.15, -0.1) is 11.3 Å². The topological polar surface area (TPSA) is 79.3 Å². The van der Waals surface area contributed by atoms with E-state index in [2.05, 4.69) is 32.8 Å². The molecule has 7 nitrogen and oxygen atoms in total. The molecule has 32 heavy (non-hydrogen) atoms. The van der Waals surface area contributed by atoms with Crippen LogP contribution in [0, 0.1) is 24.7 Å². The Morgan fingerprint density at radius 3 is 2.62 bits per heavy atom. The molecule has 0 amide bonds. The van der Waals surface area contributed by atoms with Crippen LogP contribution in [-0.4, -0.2) is 54.8 Å². The van der Waals surface area contributed by atoms with Crippen molar-refractivity contribution in [2.24, 2.45) is 17.8 Å². The van der Waals surface area contributed by atoms with Crippen LogP contribution >= 0.6 is 11.3 Å². The van der Waals surface area contributed by atoms with Crippen LogP contribution in [-0.2, 0) is 9.84 Å². The highest BCUT2D eigenvalue weighted by Gasteiger charge is 2.57. The molecule has 0 radical (unpaired) electrons. The minimum atomic E-state index is -3.36. The number of anilines is 2. The van der Waals surface area contributed by atoms with Crippen molar-refractivity contribution in [1.29, 1.82) is 0 Å². The second-order valence-electron chi connectivity index (χ2n) is 9.48. The zero-order valence-corrected chi connectivity index (χ0v) is 19.9. The minimum Gasteiger partial charge on any atom is -0.356 e. The van der Waals surface area contributed by atoms with Gasteiger partial charge in [0, 0.05) is 37.4 Å². The van der Waals surface area contributed by atoms with Crippen LogP contribution in [0.1, 0.15) is 25.5 Å². The Labute approximate surface area is 192 Å². The number of piperidine rings is 1. The number of rotatable bonds is 5. The summed E-state index contributed by atoms with van der Waals surface area (Å²) in [4.78, 5) is 18.6. The van der Waals surface area contributed by atoms with Crippen molar-refractivity contribution >= 4 is 43.2 Å². The standard InChI is InChI=1S/C23H27N5O2S2/c1-14-10-21(26-22(24-14)28-9-5-6-15(28)2)27-11-16-17(12-27)18(16)13-32(29,30)23-25-19-7-3-4-8-20(19)31-23/h3-4,7-8,10,15-18H,5-6,9,11-13H2,1-2H3/t15-,16-,17+,18?/m0/s1. The maximum Gasteiger partial charge on any atom is 0.227 e. The lowest BCUT2D eigenvalue weighted by atomic mass is 10.2. The molecule has 0 bridgehead atoms. The molecule has 3 aromatic rings. The van der Waals surface area contributed by atoms with E-state index >= 15 is 0 Å². The van der Waals surface area contributed by atoms with Crippen LogP contribution in [0.4, 0.5) is 11.8 Å². The molecule has 2 saturated heterocycles. The second kappa shape index (κ2) is 7.38. The number of hydrogen-bond donors (Lipinski definition) is 0. The Balaban J connectivity index is 1.15. The van der Waals surface area contributed by atoms with E-state index in [1.165, 1.54) is 24.2 Å². The van der Waals surface area contributed by atoms with E-state index in [0.29, 0.717) is 17.9 Å². The number of benzene rings is 1. The third kappa shape index (κ3) is 3.46. The normalized spacial score (nSPS) is 27.3. The van der Waals surface area contributed by atoms with Crippen LogP contribution in [0.3, 0.4) is 0 Å². The number of hydrogen-bond acceptors (Lipinski definition) is 8. The number of para-hydroxylation sites is 1. The molecule has 3 fully saturated rings. The lowest BCUT2D eigenvalue weighted by Crippen LogP contribution is -2.31. The van der Waals surface area contributed by atoms with Crippen molar-refractivity contribution in [1.82, 2.24) is 15.0 Å². The summed E-state index contributed by atoms with van der Waals surface area (Å²) in [5, 5.41) is 0. The second-order valence-corrected chi connectivity index (χ2v) is 12.7. The molecule has 4 atom stereocenters. The van der Waals surface area contributed by atoms with Gasteiger partial charge in [0.15, 0.2) is 0 Å². The largest absolute Gasteiger partial charge is 0.356 e. The molecule has 1 aromatic carbocycles. The highest BCUT2D eigenvalue weighted by atomic mass is 32.2. The van der Waals surface area contributed by atoms with Gasteiger partial charge in [-0.2, -0.15) is 4.98 Å². The zero-order valence-electron chi connectivity index (χ0n) is 18.3. The van der Waals surface area contributed by atoms with Crippen molar-refractivity contribution in [3.8, 4) is 0 Å². The monoisotopic (exact) mass is 469 g/mol. The maximum absolute atomic E-state index is 13.0. The first-order valence-corrected chi connectivity index (χ1v) is 13.8. The lowest BCUT2D eigenvalue weighted by molar-refractivity contribution is 0.582. The average Bonchev–Trinajstić information content (AvgIpc) is 3.25. The number of sulfone groups is 1. The number of fused-ring (bicyclic) bond motifs is 2. The summed E-state index contributed by atoms with van der Waals surface area (Å²) in [5.74, 6) is 3.08. The van der Waals surface area contributed by atoms with Gasteiger partial charge in [0.25, 0.3) is 0 Å². The molecular weight excluding hydrogens is 442 g/mol. The van der Waals surface area contributed by atoms with Crippen molar-refractivity contribution in [2.75, 3.05) is 35.2 Å². The van der Waals surface area contributed by atoms with Gasteiger partial charge in [-0.3, -0.25) is 0 Å². The quantitative estimate of drug-likeness (QED) is 0.565. The van der Waals surface area contributed by atoms with Crippen LogP contribution in [0.15, 0.2) is 34.7 Å². The molecule has 3 aliphatic rings. The summed E-state index contributed by atoms with van der Waals surface area (Å²) in [6.45, 7) is 7.02. The van der Waals surface area contributed by atoms with Gasteiger partial charge in [-0.05, 0) is 56.6 Å². The van der Waals surface area contributed by atoms with Gasteiger partial charge < -0.3 is 9.80 Å². The Morgan fingerprint density at radius 1 is 1.12 bits per heavy atom. The highest BCUT2D eigenvalue weighted by Crippen LogP contribution is 2.53. The first-order valence-electron chi connectivity index (χ1n) is 11.3. The Bertz CT molecular complexity index is 1250. The molecule has 1 unspecified atom stereocenters. The number of aryl methyl sites for hydroxylation is 1. The SMILES string of the molecule is Cc1cc(N2C[C@@H]3C(CS(=O)(=O)c4nc5ccccc5s4)[C@@H]3C2)nc(N2CCC[C@@H]2C)n1. The van der Waals surface area contributed by atoms with Crippen molar-refractivity contribution < 1.29 is 8.42 Å². The van der Waals surface area contributed by atoms with E-state index in [9.17, 15) is 8.42 Å². The Hall–Kier alpha value is -2.26. The van der Waals surface area contributed by atoms with Gasteiger partial charge in [-0.25, -0.2) is 18.4 Å². The van der Waals surface area contributed by atoms with Gasteiger partial charge in [-0.1, -0.05) is 12.1 Å². The fourth-order valence-electron chi connectivity index (χ4n) is 5.45. The van der Waals surface area contributed by atoms with Crippen LogP contribution in [0.5, 0.6) is 0 Å². The smallest absolute Gasteiger partial charge is 0.227 e. The first-order chi connectivity index (χ1) is 15.4. The van der Waals surface area contributed by atoms with Crippen molar-refractivity contribution in [3.63, 3.8) is 0 Å². The third-order valence-corrected chi connectivity index (χ3v) is 10.6. The minimum absolute atomic E-state index is 0.204. The lowest BCUT2D eigenvalue weighted by Gasteiger charge is -2.25. The Morgan fingerprint density at radius 2 is 1.91 bits per heavy atom. The van der Waals surface area contributed by atoms with Gasteiger partial charge in [0.05, 0.1) is 16.0 Å². The average molecular weight is 470 g/mol. The summed E-state index contributed by atoms with van der Waals surface area (Å²) in [7, 11) is -3.36. The van der Waals surface area contributed by atoms with E-state index in [1.807, 2.05) is 31.2 Å². The van der Waals surface area contributed by atoms with Crippen LogP contribution in [0.25, 0.3) is 10.2 Å². The maximum atomic E-state index is 13.0. The molecule has 2 aromatic heterocycles. The van der Waals surface area contributed by atoms with Gasteiger partial charge in [0.1, 0.15) is 5.82 Å². The van der Waals surface area contributed by atoms with Crippen LogP contribution < -0.4 is 9.80 Å². The van der Waals surface area contributed by atoms with Crippen LogP contribution in [0.2, 0.25) is 0 Å². The van der Waals surface area contributed by atoms with E-state index in [4.69, 9.17) is 4.98 Å². The van der Waals surface area contributed by atoms with Crippen molar-refractivity contribution in [3.05, 3.63) is 36.0 Å². The van der Waals surface area contributed by atoms with E-state index in [-0.39, 0.29) is 16.0 Å². The molecule has 6 rings (SSSR count). The van der Waals surface area contributed by atoms with Crippen molar-refractivity contribution in [2.45, 2.75) is 37.1 Å². The summed E-state index contributed by atoms with van der Waals surface area (Å²) < 4.78 is 27.2. The predicted molar refractivity (Wildman–Crippen MR) is 127 cm³/mol. The Kier molecular flexibility index (Phi) is 4.69. The molecule has 0 N–H and O–H groups in total. The molecular formula is C23H27N5O2S2. The molecule has 168 valence electrons. The third-order valence-electron chi connectivity index (χ3n) is 7.29. The summed E-state index contributed by atoms with van der Waals surface area (Å²) >= 11 is 1.28. The van der Waals surface area contributed by atoms with Gasteiger partial charge in [0.2, 0.25) is 20.1 Å². The van der Waals surface area contributed by atoms with Gasteiger partial charge >= 0.3 is 0 Å². The molecule has 1 saturated carbocycles. The fourth-order valence-corrected chi connectivity index (χ4v) is 8.51. The predicted octanol–water partition coefficient (Wildman–Crippen LogP) is 3.54. The summed E-state index contributed by atoms with van der Waals surface area (Å²) in [6.07, 6.45) is 2.37. The van der Waals surface area contributed by atoms with E-state index in [1.54, 1.807) is 0 Å². The molecule has 2 aliphatic heterocycles. The zero-order chi connectivity index (χ0) is 22.0. The van der Waals surface area contributed by atoms with E-state index < -0.39 is 9.84 Å².